The van der Waals surface area contributed by atoms with Crippen molar-refractivity contribution in [1.29, 1.82) is 0 Å². The molecule has 2 rings (SSSR count). The zero-order valence-electron chi connectivity index (χ0n) is 10.1. The third-order valence-corrected chi connectivity index (χ3v) is 2.85. The number of carboxylic acid groups (broad SMARTS) is 1. The second kappa shape index (κ2) is 5.10. The molecule has 2 aromatic rings. The molecule has 1 heterocycles. The topological polar surface area (TPSA) is 85.7 Å². The van der Waals surface area contributed by atoms with E-state index in [1.807, 2.05) is 12.1 Å². The fourth-order valence-electron chi connectivity index (χ4n) is 1.88. The molecule has 0 bridgehead atoms. The number of carboxylic acids is 1. The lowest BCUT2D eigenvalue weighted by atomic mass is 10.0. The molecule has 18 heavy (non-hydrogen) atoms. The Morgan fingerprint density at radius 1 is 1.50 bits per heavy atom. The van der Waals surface area contributed by atoms with Crippen LogP contribution < -0.4 is 10.5 Å². The van der Waals surface area contributed by atoms with Crippen molar-refractivity contribution in [3.63, 3.8) is 0 Å². The number of rotatable bonds is 5. The number of nitrogens with two attached hydrogens (primary N) is 1. The monoisotopic (exact) mass is 249 g/mol. The molecule has 0 fully saturated rings. The van der Waals surface area contributed by atoms with Gasteiger partial charge in [-0.25, -0.2) is 0 Å². The number of fused-ring (bicyclic) bond motifs is 1. The zero-order valence-corrected chi connectivity index (χ0v) is 10.1. The van der Waals surface area contributed by atoms with Gasteiger partial charge < -0.3 is 20.0 Å². The summed E-state index contributed by atoms with van der Waals surface area (Å²) >= 11 is 0. The summed E-state index contributed by atoms with van der Waals surface area (Å²) in [4.78, 5) is 10.7. The predicted molar refractivity (Wildman–Crippen MR) is 66.8 cm³/mol. The van der Waals surface area contributed by atoms with Gasteiger partial charge in [0.1, 0.15) is 17.1 Å². The molecule has 5 heteroatoms. The summed E-state index contributed by atoms with van der Waals surface area (Å²) in [5, 5.41) is 9.70. The Hall–Kier alpha value is -2.01. The molecule has 0 unspecified atom stereocenters. The highest BCUT2D eigenvalue weighted by Gasteiger charge is 2.18. The molecule has 0 saturated carbocycles. The molecule has 0 aliphatic rings. The molecular formula is C13H15NO4. The van der Waals surface area contributed by atoms with Crippen LogP contribution in [0.3, 0.4) is 0 Å². The van der Waals surface area contributed by atoms with E-state index < -0.39 is 5.97 Å². The molecule has 0 spiro atoms. The van der Waals surface area contributed by atoms with Gasteiger partial charge in [-0.3, -0.25) is 4.79 Å². The number of benzene rings is 1. The van der Waals surface area contributed by atoms with Crippen LogP contribution in [0.2, 0.25) is 0 Å². The van der Waals surface area contributed by atoms with Crippen LogP contribution in [0.15, 0.2) is 28.7 Å². The average molecular weight is 249 g/mol. The highest BCUT2D eigenvalue weighted by atomic mass is 16.5. The lowest BCUT2D eigenvalue weighted by Crippen LogP contribution is -2.15. The standard InChI is InChI=1S/C13H15NO4/c1-17-10-2-3-11-8(4-10)5-12(18-11)9(7-14)6-13(15)16/h2-5,9H,6-7,14H2,1H3,(H,15,16)/t9-/m0/s1. The van der Waals surface area contributed by atoms with Gasteiger partial charge in [0.15, 0.2) is 0 Å². The fourth-order valence-corrected chi connectivity index (χ4v) is 1.88. The van der Waals surface area contributed by atoms with Crippen LogP contribution in [0, 0.1) is 0 Å². The molecular weight excluding hydrogens is 234 g/mol. The van der Waals surface area contributed by atoms with E-state index in [0.717, 1.165) is 11.1 Å². The first-order valence-corrected chi connectivity index (χ1v) is 5.63. The minimum absolute atomic E-state index is 0.0343. The van der Waals surface area contributed by atoms with Crippen molar-refractivity contribution < 1.29 is 19.1 Å². The number of hydrogen-bond donors (Lipinski definition) is 2. The molecule has 1 aromatic heterocycles. The van der Waals surface area contributed by atoms with Gasteiger partial charge in [0.05, 0.1) is 13.5 Å². The highest BCUT2D eigenvalue weighted by Crippen LogP contribution is 2.29. The molecule has 3 N–H and O–H groups in total. The van der Waals surface area contributed by atoms with Crippen LogP contribution in [0.25, 0.3) is 11.0 Å². The summed E-state index contributed by atoms with van der Waals surface area (Å²) in [6, 6.07) is 7.26. The van der Waals surface area contributed by atoms with Gasteiger partial charge in [0, 0.05) is 17.8 Å². The van der Waals surface area contributed by atoms with Crippen molar-refractivity contribution in [2.45, 2.75) is 12.3 Å². The molecule has 0 aliphatic carbocycles. The Balaban J connectivity index is 2.36. The highest BCUT2D eigenvalue weighted by molar-refractivity contribution is 5.80. The minimum atomic E-state index is -0.886. The maximum absolute atomic E-state index is 10.7. The van der Waals surface area contributed by atoms with E-state index in [1.54, 1.807) is 19.2 Å². The van der Waals surface area contributed by atoms with E-state index in [-0.39, 0.29) is 18.9 Å². The Bertz CT molecular complexity index is 561. The van der Waals surface area contributed by atoms with Crippen LogP contribution in [0.4, 0.5) is 0 Å². The van der Waals surface area contributed by atoms with Crippen LogP contribution in [-0.2, 0) is 4.79 Å². The van der Waals surface area contributed by atoms with Crippen LogP contribution in [0.5, 0.6) is 5.75 Å². The van der Waals surface area contributed by atoms with Crippen molar-refractivity contribution in [3.05, 3.63) is 30.0 Å². The first kappa shape index (κ1) is 12.4. The lowest BCUT2D eigenvalue weighted by Gasteiger charge is -2.07. The third kappa shape index (κ3) is 2.46. The first-order valence-electron chi connectivity index (χ1n) is 5.63. The molecule has 96 valence electrons. The first-order chi connectivity index (χ1) is 8.63. The van der Waals surface area contributed by atoms with Crippen LogP contribution in [-0.4, -0.2) is 24.7 Å². The number of carbonyl (C=O) groups is 1. The number of ether oxygens (including phenoxy) is 1. The van der Waals surface area contributed by atoms with Crippen molar-refractivity contribution in [2.75, 3.05) is 13.7 Å². The van der Waals surface area contributed by atoms with E-state index in [1.165, 1.54) is 0 Å². The van der Waals surface area contributed by atoms with Gasteiger partial charge in [0.25, 0.3) is 0 Å². The van der Waals surface area contributed by atoms with Crippen molar-refractivity contribution in [1.82, 2.24) is 0 Å². The Morgan fingerprint density at radius 2 is 2.28 bits per heavy atom. The summed E-state index contributed by atoms with van der Waals surface area (Å²) in [5.41, 5.74) is 6.29. The van der Waals surface area contributed by atoms with Gasteiger partial charge in [-0.2, -0.15) is 0 Å². The second-order valence-corrected chi connectivity index (χ2v) is 4.08. The van der Waals surface area contributed by atoms with Crippen LogP contribution in [0.1, 0.15) is 18.1 Å². The Kier molecular flexibility index (Phi) is 3.53. The van der Waals surface area contributed by atoms with E-state index in [2.05, 4.69) is 0 Å². The zero-order chi connectivity index (χ0) is 13.1. The quantitative estimate of drug-likeness (QED) is 0.846. The van der Waals surface area contributed by atoms with Gasteiger partial charge in [-0.15, -0.1) is 0 Å². The molecule has 0 amide bonds. The van der Waals surface area contributed by atoms with Crippen LogP contribution >= 0.6 is 0 Å². The van der Waals surface area contributed by atoms with Crippen molar-refractivity contribution in [2.24, 2.45) is 5.73 Å². The molecule has 5 nitrogen and oxygen atoms in total. The SMILES string of the molecule is COc1ccc2oc([C@H](CN)CC(=O)O)cc2c1. The van der Waals surface area contributed by atoms with Gasteiger partial charge in [0.2, 0.25) is 0 Å². The lowest BCUT2D eigenvalue weighted by molar-refractivity contribution is -0.137. The molecule has 0 aliphatic heterocycles. The summed E-state index contributed by atoms with van der Waals surface area (Å²) in [6.45, 7) is 0.239. The summed E-state index contributed by atoms with van der Waals surface area (Å²) in [7, 11) is 1.59. The largest absolute Gasteiger partial charge is 0.497 e. The number of hydrogen-bond acceptors (Lipinski definition) is 4. The second-order valence-electron chi connectivity index (χ2n) is 4.08. The van der Waals surface area contributed by atoms with E-state index in [4.69, 9.17) is 20.0 Å². The van der Waals surface area contributed by atoms with Crippen molar-refractivity contribution >= 4 is 16.9 Å². The van der Waals surface area contributed by atoms with Gasteiger partial charge in [-0.1, -0.05) is 0 Å². The summed E-state index contributed by atoms with van der Waals surface area (Å²) in [6.07, 6.45) is -0.0343. The maximum atomic E-state index is 10.7. The van der Waals surface area contributed by atoms with Crippen molar-refractivity contribution in [3.8, 4) is 5.75 Å². The minimum Gasteiger partial charge on any atom is -0.497 e. The Labute approximate surface area is 104 Å². The smallest absolute Gasteiger partial charge is 0.304 e. The number of methoxy groups -OCH3 is 1. The van der Waals surface area contributed by atoms with Gasteiger partial charge >= 0.3 is 5.97 Å². The van der Waals surface area contributed by atoms with E-state index in [0.29, 0.717) is 11.3 Å². The third-order valence-electron chi connectivity index (χ3n) is 2.85. The summed E-state index contributed by atoms with van der Waals surface area (Å²) in [5.74, 6) is 0.143. The number of aliphatic carboxylic acids is 1. The van der Waals surface area contributed by atoms with Gasteiger partial charge in [-0.05, 0) is 24.3 Å². The maximum Gasteiger partial charge on any atom is 0.304 e. The molecule has 0 saturated heterocycles. The predicted octanol–water partition coefficient (Wildman–Crippen LogP) is 1.96. The molecule has 0 radical (unpaired) electrons. The molecule has 1 atom stereocenters. The normalized spacial score (nSPS) is 12.6. The molecule has 1 aromatic carbocycles. The average Bonchev–Trinajstić information content (AvgIpc) is 2.77. The van der Waals surface area contributed by atoms with E-state index in [9.17, 15) is 4.79 Å². The number of furan rings is 1. The Morgan fingerprint density at radius 3 is 2.89 bits per heavy atom. The summed E-state index contributed by atoms with van der Waals surface area (Å²) < 4.78 is 10.7. The fraction of sp³-hybridized carbons (Fsp3) is 0.308. The van der Waals surface area contributed by atoms with E-state index >= 15 is 0 Å².